The van der Waals surface area contributed by atoms with Crippen molar-refractivity contribution in [2.75, 3.05) is 25.5 Å². The maximum Gasteiger partial charge on any atom is 0.336 e. The van der Waals surface area contributed by atoms with Crippen molar-refractivity contribution in [2.24, 2.45) is 5.92 Å². The maximum atomic E-state index is 12.5. The van der Waals surface area contributed by atoms with Crippen LogP contribution in [0, 0.1) is 5.92 Å². The SMILES string of the molecule is CC1CN(c2cc3oc4cc(=[N+](C)C)ccc-4c(-c4ccccc4C(=O)O)c3cc2C(O)O)C1=O. The lowest BCUT2D eigenvalue weighted by molar-refractivity contribution is -0.126. The van der Waals surface area contributed by atoms with Gasteiger partial charge in [0.05, 0.1) is 23.2 Å². The molecule has 1 aliphatic carbocycles. The Morgan fingerprint density at radius 2 is 1.83 bits per heavy atom. The van der Waals surface area contributed by atoms with Crippen LogP contribution in [-0.4, -0.2) is 47.8 Å². The van der Waals surface area contributed by atoms with E-state index in [-0.39, 0.29) is 23.0 Å². The molecule has 2 heterocycles. The van der Waals surface area contributed by atoms with Gasteiger partial charge in [-0.2, -0.15) is 0 Å². The molecule has 8 heteroatoms. The minimum atomic E-state index is -1.84. The standard InChI is InChI=1S/C27H24N2O6/c1-14-13-29(25(14)30)21-12-23-20(11-19(21)27(33)34)24(16-6-4-5-7-17(16)26(31)32)18-9-8-15(28(2)3)10-22(18)35-23/h4-12,14,27,33-34H,13H2,1-3H3/p+1. The van der Waals surface area contributed by atoms with Gasteiger partial charge in [-0.3, -0.25) is 4.79 Å². The molecule has 3 N–H and O–H groups in total. The third-order valence-electron chi connectivity index (χ3n) is 6.51. The Labute approximate surface area is 200 Å². The number of aromatic carboxylic acids is 1. The van der Waals surface area contributed by atoms with Crippen LogP contribution in [0.5, 0.6) is 0 Å². The normalized spacial score (nSPS) is 15.7. The molecule has 0 saturated carbocycles. The molecule has 1 atom stereocenters. The number of hydrogen-bond donors (Lipinski definition) is 3. The molecule has 0 aromatic heterocycles. The van der Waals surface area contributed by atoms with E-state index >= 15 is 0 Å². The van der Waals surface area contributed by atoms with Gasteiger partial charge in [-0.1, -0.05) is 25.1 Å². The zero-order valence-corrected chi connectivity index (χ0v) is 19.5. The summed E-state index contributed by atoms with van der Waals surface area (Å²) in [6, 6.07) is 15.5. The molecule has 2 aromatic carbocycles. The first-order valence-electron chi connectivity index (χ1n) is 11.2. The topological polar surface area (TPSA) is 114 Å². The number of aliphatic hydroxyl groups excluding tert-OH is 1. The molecule has 1 saturated heterocycles. The van der Waals surface area contributed by atoms with Crippen molar-refractivity contribution in [3.63, 3.8) is 0 Å². The minimum Gasteiger partial charge on any atom is -0.478 e. The predicted octanol–water partition coefficient (Wildman–Crippen LogP) is 2.90. The number of aliphatic hydroxyl groups is 2. The lowest BCUT2D eigenvalue weighted by Crippen LogP contribution is -2.51. The molecule has 178 valence electrons. The number of β-lactam (4-membered cyclic amide) rings is 1. The van der Waals surface area contributed by atoms with Crippen molar-refractivity contribution >= 4 is 28.5 Å². The summed E-state index contributed by atoms with van der Waals surface area (Å²) in [6.45, 7) is 2.27. The van der Waals surface area contributed by atoms with Crippen LogP contribution in [0.3, 0.4) is 0 Å². The average Bonchev–Trinajstić information content (AvgIpc) is 2.84. The van der Waals surface area contributed by atoms with E-state index in [2.05, 4.69) is 0 Å². The van der Waals surface area contributed by atoms with E-state index in [1.54, 1.807) is 30.3 Å². The first-order chi connectivity index (χ1) is 16.7. The lowest BCUT2D eigenvalue weighted by atomic mass is 9.89. The average molecular weight is 474 g/mol. The van der Waals surface area contributed by atoms with Crippen LogP contribution in [0.25, 0.3) is 33.4 Å². The van der Waals surface area contributed by atoms with Gasteiger partial charge in [0, 0.05) is 40.8 Å². The highest BCUT2D eigenvalue weighted by atomic mass is 16.5. The van der Waals surface area contributed by atoms with Crippen LogP contribution in [0.4, 0.5) is 5.69 Å². The molecule has 2 aromatic rings. The van der Waals surface area contributed by atoms with E-state index in [0.29, 0.717) is 45.7 Å². The molecule has 5 rings (SSSR count). The number of fused-ring (bicyclic) bond motifs is 2. The molecule has 3 aliphatic rings. The molecule has 1 fully saturated rings. The van der Waals surface area contributed by atoms with Crippen molar-refractivity contribution in [3.05, 3.63) is 71.1 Å². The predicted molar refractivity (Wildman–Crippen MR) is 131 cm³/mol. The maximum absolute atomic E-state index is 12.5. The summed E-state index contributed by atoms with van der Waals surface area (Å²) in [5, 5.41) is 31.7. The Hall–Kier alpha value is -4.01. The van der Waals surface area contributed by atoms with Crippen molar-refractivity contribution in [2.45, 2.75) is 13.2 Å². The molecule has 35 heavy (non-hydrogen) atoms. The molecule has 0 bridgehead atoms. The number of carbonyl (C=O) groups is 2. The number of nitrogens with zero attached hydrogens (tertiary/aromatic N) is 2. The summed E-state index contributed by atoms with van der Waals surface area (Å²) in [4.78, 5) is 26.1. The van der Waals surface area contributed by atoms with Crippen molar-refractivity contribution in [1.29, 1.82) is 0 Å². The number of amides is 1. The highest BCUT2D eigenvalue weighted by molar-refractivity contribution is 6.09. The zero-order chi connectivity index (χ0) is 25.0. The third kappa shape index (κ3) is 3.67. The Morgan fingerprint density at radius 3 is 2.46 bits per heavy atom. The second kappa shape index (κ2) is 8.33. The molecular weight excluding hydrogens is 448 g/mol. The molecule has 8 nitrogen and oxygen atoms in total. The van der Waals surface area contributed by atoms with Crippen LogP contribution in [0.1, 0.15) is 29.1 Å². The Morgan fingerprint density at radius 1 is 1.09 bits per heavy atom. The number of carboxylic acid groups (broad SMARTS) is 1. The van der Waals surface area contributed by atoms with Crippen molar-refractivity contribution in [3.8, 4) is 22.5 Å². The van der Waals surface area contributed by atoms with Crippen LogP contribution >= 0.6 is 0 Å². The lowest BCUT2D eigenvalue weighted by Gasteiger charge is -2.38. The second-order valence-corrected chi connectivity index (χ2v) is 9.03. The van der Waals surface area contributed by atoms with E-state index < -0.39 is 12.3 Å². The molecular formula is C27H25N2O6+. The fraction of sp³-hybridized carbons (Fsp3) is 0.222. The molecule has 0 radical (unpaired) electrons. The summed E-state index contributed by atoms with van der Waals surface area (Å²) < 4.78 is 8.21. The van der Waals surface area contributed by atoms with E-state index in [1.165, 1.54) is 11.0 Å². The summed E-state index contributed by atoms with van der Waals surface area (Å²) in [6.07, 6.45) is -1.84. The van der Waals surface area contributed by atoms with Gasteiger partial charge in [-0.25, -0.2) is 9.37 Å². The number of rotatable bonds is 4. The smallest absolute Gasteiger partial charge is 0.336 e. The summed E-state index contributed by atoms with van der Waals surface area (Å²) >= 11 is 0. The quantitative estimate of drug-likeness (QED) is 0.182. The van der Waals surface area contributed by atoms with Gasteiger partial charge in [0.1, 0.15) is 25.4 Å². The van der Waals surface area contributed by atoms with E-state index in [4.69, 9.17) is 4.42 Å². The number of hydrogen-bond acceptors (Lipinski definition) is 5. The van der Waals surface area contributed by atoms with Crippen molar-refractivity contribution < 1.29 is 29.3 Å². The van der Waals surface area contributed by atoms with E-state index in [9.17, 15) is 24.9 Å². The van der Waals surface area contributed by atoms with Crippen LogP contribution in [0.15, 0.2) is 59.0 Å². The molecule has 0 spiro atoms. The molecule has 1 unspecified atom stereocenters. The number of benzene rings is 3. The fourth-order valence-electron chi connectivity index (χ4n) is 4.64. The van der Waals surface area contributed by atoms with Gasteiger partial charge in [0.25, 0.3) is 0 Å². The van der Waals surface area contributed by atoms with Crippen LogP contribution in [0.2, 0.25) is 0 Å². The number of carbonyl (C=O) groups excluding carboxylic acids is 1. The van der Waals surface area contributed by atoms with Gasteiger partial charge < -0.3 is 24.6 Å². The monoisotopic (exact) mass is 473 g/mol. The number of carboxylic acids is 1. The zero-order valence-electron chi connectivity index (χ0n) is 19.5. The Bertz CT molecular complexity index is 1550. The second-order valence-electron chi connectivity index (χ2n) is 9.03. The fourth-order valence-corrected chi connectivity index (χ4v) is 4.64. The molecule has 2 aliphatic heterocycles. The van der Waals surface area contributed by atoms with Gasteiger partial charge >= 0.3 is 5.97 Å². The first-order valence-corrected chi connectivity index (χ1v) is 11.2. The summed E-state index contributed by atoms with van der Waals surface area (Å²) in [7, 11) is 3.82. The Kier molecular flexibility index (Phi) is 5.42. The van der Waals surface area contributed by atoms with Crippen LogP contribution < -0.4 is 14.8 Å². The van der Waals surface area contributed by atoms with Gasteiger partial charge in [0.15, 0.2) is 6.29 Å². The summed E-state index contributed by atoms with van der Waals surface area (Å²) in [5.41, 5.74) is 2.77. The van der Waals surface area contributed by atoms with Gasteiger partial charge in [-0.15, -0.1) is 0 Å². The Balaban J connectivity index is 1.93. The molecule has 1 amide bonds. The van der Waals surface area contributed by atoms with Gasteiger partial charge in [-0.05, 0) is 23.8 Å². The number of anilines is 1. The largest absolute Gasteiger partial charge is 0.478 e. The van der Waals surface area contributed by atoms with Crippen molar-refractivity contribution in [1.82, 2.24) is 4.58 Å². The minimum absolute atomic E-state index is 0.111. The first kappa shape index (κ1) is 22.8. The van der Waals surface area contributed by atoms with Crippen LogP contribution in [-0.2, 0) is 4.79 Å². The van der Waals surface area contributed by atoms with E-state index in [1.807, 2.05) is 43.8 Å². The highest BCUT2D eigenvalue weighted by Gasteiger charge is 2.36. The highest BCUT2D eigenvalue weighted by Crippen LogP contribution is 2.44. The third-order valence-corrected chi connectivity index (χ3v) is 6.51. The summed E-state index contributed by atoms with van der Waals surface area (Å²) in [5.74, 6) is -0.806. The van der Waals surface area contributed by atoms with Gasteiger partial charge in [0.2, 0.25) is 11.3 Å². The van der Waals surface area contributed by atoms with E-state index in [0.717, 1.165) is 5.36 Å².